The summed E-state index contributed by atoms with van der Waals surface area (Å²) in [4.78, 5) is 14.1. The zero-order chi connectivity index (χ0) is 14.6. The molecule has 0 unspecified atom stereocenters. The highest BCUT2D eigenvalue weighted by Crippen LogP contribution is 2.37. The normalized spacial score (nSPS) is 17.8. The molecule has 3 N–H and O–H groups in total. The number of hydrogen-bond acceptors (Lipinski definition) is 2. The number of rotatable bonds is 3. The maximum Gasteiger partial charge on any atom is 0.321 e. The summed E-state index contributed by atoms with van der Waals surface area (Å²) in [5, 5.41) is 2.92. The Morgan fingerprint density at radius 3 is 2.50 bits per heavy atom. The quantitative estimate of drug-likeness (QED) is 0.826. The molecule has 1 aliphatic heterocycles. The molecule has 0 aliphatic carbocycles. The van der Waals surface area contributed by atoms with Crippen molar-refractivity contribution in [3.63, 3.8) is 0 Å². The number of nitrogens with zero attached hydrogens (tertiary/aromatic N) is 1. The van der Waals surface area contributed by atoms with Gasteiger partial charge in [-0.25, -0.2) is 4.79 Å². The second-order valence-electron chi connectivity index (χ2n) is 5.75. The molecule has 1 aromatic rings. The number of amides is 2. The Balaban J connectivity index is 1.92. The number of hydrogen-bond donors (Lipinski definition) is 2. The summed E-state index contributed by atoms with van der Waals surface area (Å²) >= 11 is 0. The van der Waals surface area contributed by atoms with Gasteiger partial charge in [-0.3, -0.25) is 0 Å². The van der Waals surface area contributed by atoms with E-state index in [1.165, 1.54) is 12.8 Å². The summed E-state index contributed by atoms with van der Waals surface area (Å²) in [6, 6.07) is 7.29. The van der Waals surface area contributed by atoms with Crippen LogP contribution < -0.4 is 11.1 Å². The van der Waals surface area contributed by atoms with Crippen LogP contribution in [0, 0.1) is 5.41 Å². The Bertz CT molecular complexity index is 459. The second-order valence-corrected chi connectivity index (χ2v) is 5.75. The van der Waals surface area contributed by atoms with Gasteiger partial charge in [0.1, 0.15) is 0 Å². The van der Waals surface area contributed by atoms with Gasteiger partial charge < -0.3 is 16.0 Å². The van der Waals surface area contributed by atoms with Crippen molar-refractivity contribution in [2.45, 2.75) is 39.5 Å². The molecule has 0 aromatic heterocycles. The van der Waals surface area contributed by atoms with Gasteiger partial charge in [0.2, 0.25) is 0 Å². The fraction of sp³-hybridized carbons (Fsp3) is 0.562. The molecule has 0 bridgehead atoms. The smallest absolute Gasteiger partial charge is 0.321 e. The molecule has 1 aliphatic rings. The van der Waals surface area contributed by atoms with Gasteiger partial charge in [0.25, 0.3) is 0 Å². The van der Waals surface area contributed by atoms with Crippen molar-refractivity contribution in [1.29, 1.82) is 0 Å². The Kier molecular flexibility index (Phi) is 4.53. The number of nitrogens with two attached hydrogens (primary N) is 1. The highest BCUT2D eigenvalue weighted by atomic mass is 16.2. The number of benzene rings is 1. The lowest BCUT2D eigenvalue weighted by Gasteiger charge is -2.40. The molecular formula is C16H25N3O. The van der Waals surface area contributed by atoms with Gasteiger partial charge in [0, 0.05) is 24.5 Å². The van der Waals surface area contributed by atoms with Crippen LogP contribution in [0.5, 0.6) is 0 Å². The van der Waals surface area contributed by atoms with Crippen molar-refractivity contribution in [2.75, 3.05) is 24.1 Å². The van der Waals surface area contributed by atoms with Gasteiger partial charge in [-0.2, -0.15) is 0 Å². The van der Waals surface area contributed by atoms with E-state index in [0.29, 0.717) is 11.1 Å². The maximum absolute atomic E-state index is 12.2. The average Bonchev–Trinajstić information content (AvgIpc) is 2.47. The van der Waals surface area contributed by atoms with E-state index in [2.05, 4.69) is 19.2 Å². The van der Waals surface area contributed by atoms with E-state index >= 15 is 0 Å². The van der Waals surface area contributed by atoms with Gasteiger partial charge in [0.05, 0.1) is 0 Å². The first-order valence-electron chi connectivity index (χ1n) is 7.50. The number of urea groups is 1. The average molecular weight is 275 g/mol. The first-order valence-corrected chi connectivity index (χ1v) is 7.50. The predicted molar refractivity (Wildman–Crippen MR) is 83.7 cm³/mol. The maximum atomic E-state index is 12.2. The van der Waals surface area contributed by atoms with Gasteiger partial charge in [-0.05, 0) is 36.5 Å². The Hall–Kier alpha value is -1.71. The third kappa shape index (κ3) is 3.24. The molecular weight excluding hydrogens is 250 g/mol. The van der Waals surface area contributed by atoms with E-state index in [1.807, 2.05) is 23.1 Å². The van der Waals surface area contributed by atoms with Crippen molar-refractivity contribution in [1.82, 2.24) is 4.90 Å². The van der Waals surface area contributed by atoms with E-state index in [4.69, 9.17) is 5.73 Å². The summed E-state index contributed by atoms with van der Waals surface area (Å²) in [7, 11) is 0. The van der Waals surface area contributed by atoms with E-state index < -0.39 is 0 Å². The molecule has 0 radical (unpaired) electrons. The van der Waals surface area contributed by atoms with Crippen LogP contribution in [-0.4, -0.2) is 24.0 Å². The molecule has 1 saturated heterocycles. The van der Waals surface area contributed by atoms with Crippen LogP contribution >= 0.6 is 0 Å². The minimum Gasteiger partial charge on any atom is -0.399 e. The molecule has 110 valence electrons. The summed E-state index contributed by atoms with van der Waals surface area (Å²) in [5.41, 5.74) is 7.58. The van der Waals surface area contributed by atoms with Crippen molar-refractivity contribution in [2.24, 2.45) is 5.41 Å². The number of carbonyl (C=O) groups is 1. The van der Waals surface area contributed by atoms with Crippen molar-refractivity contribution < 1.29 is 4.79 Å². The van der Waals surface area contributed by atoms with Crippen LogP contribution in [0.3, 0.4) is 0 Å². The fourth-order valence-electron chi connectivity index (χ4n) is 2.96. The Morgan fingerprint density at radius 1 is 1.30 bits per heavy atom. The summed E-state index contributed by atoms with van der Waals surface area (Å²) in [6.45, 7) is 6.20. The number of anilines is 2. The van der Waals surface area contributed by atoms with Gasteiger partial charge >= 0.3 is 6.03 Å². The highest BCUT2D eigenvalue weighted by Gasteiger charge is 2.32. The van der Waals surface area contributed by atoms with Gasteiger partial charge in [-0.15, -0.1) is 0 Å². The highest BCUT2D eigenvalue weighted by molar-refractivity contribution is 5.89. The molecule has 1 aromatic carbocycles. The van der Waals surface area contributed by atoms with Crippen molar-refractivity contribution in [3.05, 3.63) is 24.3 Å². The van der Waals surface area contributed by atoms with Crippen LogP contribution in [-0.2, 0) is 0 Å². The van der Waals surface area contributed by atoms with Crippen LogP contribution in [0.25, 0.3) is 0 Å². The summed E-state index contributed by atoms with van der Waals surface area (Å²) < 4.78 is 0. The molecule has 1 heterocycles. The van der Waals surface area contributed by atoms with E-state index in [9.17, 15) is 4.79 Å². The first-order chi connectivity index (χ1) is 9.58. The molecule has 4 heteroatoms. The number of nitrogens with one attached hydrogen (secondary N) is 1. The topological polar surface area (TPSA) is 58.4 Å². The number of carbonyl (C=O) groups excluding carboxylic acids is 1. The molecule has 1 fully saturated rings. The van der Waals surface area contributed by atoms with Gasteiger partial charge in [0.15, 0.2) is 0 Å². The number of nitrogen functional groups attached to an aromatic ring is 1. The summed E-state index contributed by atoms with van der Waals surface area (Å²) in [5.74, 6) is 0. The number of likely N-dealkylation sites (tertiary alicyclic amines) is 1. The Morgan fingerprint density at radius 2 is 1.95 bits per heavy atom. The summed E-state index contributed by atoms with van der Waals surface area (Å²) in [6.07, 6.45) is 4.61. The standard InChI is InChI=1S/C16H25N3O/c1-3-16(4-2)8-10-19(11-9-16)15(20)18-14-7-5-6-13(17)12-14/h5-7,12H,3-4,8-11,17H2,1-2H3,(H,18,20). The second kappa shape index (κ2) is 6.16. The lowest BCUT2D eigenvalue weighted by Crippen LogP contribution is -2.44. The van der Waals surface area contributed by atoms with Crippen LogP contribution in [0.4, 0.5) is 16.2 Å². The van der Waals surface area contributed by atoms with E-state index in [0.717, 1.165) is 31.6 Å². The molecule has 2 rings (SSSR count). The van der Waals surface area contributed by atoms with Crippen LogP contribution in [0.2, 0.25) is 0 Å². The fourth-order valence-corrected chi connectivity index (χ4v) is 2.96. The third-order valence-electron chi connectivity index (χ3n) is 4.75. The van der Waals surface area contributed by atoms with E-state index in [1.54, 1.807) is 6.07 Å². The van der Waals surface area contributed by atoms with Crippen molar-refractivity contribution >= 4 is 17.4 Å². The largest absolute Gasteiger partial charge is 0.399 e. The SMILES string of the molecule is CCC1(CC)CCN(C(=O)Nc2cccc(N)c2)CC1. The molecule has 0 saturated carbocycles. The number of piperidine rings is 1. The molecule has 4 nitrogen and oxygen atoms in total. The monoisotopic (exact) mass is 275 g/mol. The molecule has 0 atom stereocenters. The lowest BCUT2D eigenvalue weighted by molar-refractivity contribution is 0.114. The first kappa shape index (κ1) is 14.7. The minimum absolute atomic E-state index is 0.0172. The third-order valence-corrected chi connectivity index (χ3v) is 4.75. The molecule has 20 heavy (non-hydrogen) atoms. The molecule has 2 amide bonds. The van der Waals surface area contributed by atoms with Gasteiger partial charge in [-0.1, -0.05) is 32.8 Å². The van der Waals surface area contributed by atoms with Crippen LogP contribution in [0.15, 0.2) is 24.3 Å². The zero-order valence-corrected chi connectivity index (χ0v) is 12.5. The Labute approximate surface area is 121 Å². The lowest BCUT2D eigenvalue weighted by atomic mass is 9.74. The zero-order valence-electron chi connectivity index (χ0n) is 12.5. The van der Waals surface area contributed by atoms with Crippen molar-refractivity contribution in [3.8, 4) is 0 Å². The molecule has 0 spiro atoms. The minimum atomic E-state index is -0.0172. The predicted octanol–water partition coefficient (Wildman–Crippen LogP) is 3.70. The van der Waals surface area contributed by atoms with E-state index in [-0.39, 0.29) is 6.03 Å². The van der Waals surface area contributed by atoms with Crippen LogP contribution in [0.1, 0.15) is 39.5 Å².